The lowest BCUT2D eigenvalue weighted by Crippen LogP contribution is -2.21. The molecular weight excluding hydrogens is 244 g/mol. The van der Waals surface area contributed by atoms with E-state index in [9.17, 15) is 0 Å². The van der Waals surface area contributed by atoms with Crippen LogP contribution in [0.15, 0.2) is 65.8 Å². The van der Waals surface area contributed by atoms with Crippen LogP contribution in [0.5, 0.6) is 0 Å². The number of hydrogen-bond donors (Lipinski definition) is 0. The van der Waals surface area contributed by atoms with E-state index in [0.29, 0.717) is 0 Å². The molecule has 0 N–H and O–H groups in total. The van der Waals surface area contributed by atoms with Crippen LogP contribution in [-0.2, 0) is 0 Å². The van der Waals surface area contributed by atoms with E-state index in [1.807, 2.05) is 12.3 Å². The molecular formula is C18H14N2. The van der Waals surface area contributed by atoms with Crippen LogP contribution in [0.1, 0.15) is 5.56 Å². The number of para-hydroxylation sites is 1. The summed E-state index contributed by atoms with van der Waals surface area (Å²) in [6, 6.07) is 14.8. The molecule has 20 heavy (non-hydrogen) atoms. The van der Waals surface area contributed by atoms with Crippen LogP contribution in [-0.4, -0.2) is 6.54 Å². The Morgan fingerprint density at radius 3 is 2.75 bits per heavy atom. The highest BCUT2D eigenvalue weighted by Gasteiger charge is 2.18. The first-order chi connectivity index (χ1) is 9.93. The molecule has 2 aromatic rings. The molecule has 2 aliphatic rings. The predicted molar refractivity (Wildman–Crippen MR) is 83.3 cm³/mol. The molecule has 2 heteroatoms. The van der Waals surface area contributed by atoms with Crippen molar-refractivity contribution in [1.29, 1.82) is 0 Å². The number of anilines is 2. The fourth-order valence-electron chi connectivity index (χ4n) is 2.81. The molecule has 2 heterocycles. The predicted octanol–water partition coefficient (Wildman–Crippen LogP) is 2.78. The van der Waals surface area contributed by atoms with Crippen molar-refractivity contribution in [2.24, 2.45) is 4.99 Å². The van der Waals surface area contributed by atoms with E-state index in [2.05, 4.69) is 70.6 Å². The number of hydrogen-bond acceptors (Lipinski definition) is 2. The summed E-state index contributed by atoms with van der Waals surface area (Å²) in [6.07, 6.45) is 10.3. The molecule has 0 aromatic heterocycles. The second-order valence-electron chi connectivity index (χ2n) is 4.92. The van der Waals surface area contributed by atoms with Crippen LogP contribution in [0.3, 0.4) is 0 Å². The first kappa shape index (κ1) is 11.2. The first-order valence-electron chi connectivity index (χ1n) is 6.80. The fourth-order valence-corrected chi connectivity index (χ4v) is 2.81. The zero-order valence-corrected chi connectivity index (χ0v) is 11.0. The Morgan fingerprint density at radius 2 is 1.85 bits per heavy atom. The van der Waals surface area contributed by atoms with Gasteiger partial charge in [0.2, 0.25) is 0 Å². The summed E-state index contributed by atoms with van der Waals surface area (Å²) in [5.74, 6) is 0. The Morgan fingerprint density at radius 1 is 0.950 bits per heavy atom. The van der Waals surface area contributed by atoms with Gasteiger partial charge >= 0.3 is 0 Å². The molecule has 2 nitrogen and oxygen atoms in total. The maximum atomic E-state index is 4.51. The van der Waals surface area contributed by atoms with Crippen LogP contribution >= 0.6 is 0 Å². The zero-order chi connectivity index (χ0) is 13.4. The van der Waals surface area contributed by atoms with E-state index in [1.54, 1.807) is 0 Å². The molecule has 0 fully saturated rings. The maximum Gasteiger partial charge on any atom is 0.0723 e. The smallest absolute Gasteiger partial charge is 0.0723 e. The van der Waals surface area contributed by atoms with Gasteiger partial charge in [-0.05, 0) is 29.5 Å². The summed E-state index contributed by atoms with van der Waals surface area (Å²) in [6.45, 7) is 0.914. The van der Waals surface area contributed by atoms with Gasteiger partial charge in [0, 0.05) is 24.0 Å². The largest absolute Gasteiger partial charge is 0.337 e. The van der Waals surface area contributed by atoms with E-state index in [0.717, 1.165) is 11.9 Å². The maximum absolute atomic E-state index is 4.51. The van der Waals surface area contributed by atoms with Crippen molar-refractivity contribution < 1.29 is 0 Å². The standard InChI is InChI=1S/C18H14N2/c1-2-6-15(7-3-1)20-13-11-14-9-10-17-16(18(14)20)8-4-5-12-19-17/h1-12H,13H2. The van der Waals surface area contributed by atoms with Crippen LogP contribution in [0.2, 0.25) is 0 Å². The highest BCUT2D eigenvalue weighted by Crippen LogP contribution is 2.27. The Bertz CT molecular complexity index is 830. The van der Waals surface area contributed by atoms with Crippen molar-refractivity contribution in [3.63, 3.8) is 0 Å². The highest BCUT2D eigenvalue weighted by molar-refractivity contribution is 5.79. The molecule has 0 saturated carbocycles. The normalized spacial score (nSPS) is 15.1. The monoisotopic (exact) mass is 258 g/mol. The zero-order valence-electron chi connectivity index (χ0n) is 11.0. The Labute approximate surface area is 117 Å². The molecule has 0 aliphatic carbocycles. The van der Waals surface area contributed by atoms with Crippen molar-refractivity contribution in [2.75, 3.05) is 11.4 Å². The lowest BCUT2D eigenvalue weighted by atomic mass is 10.1. The minimum Gasteiger partial charge on any atom is -0.337 e. The van der Waals surface area contributed by atoms with Crippen molar-refractivity contribution in [1.82, 2.24) is 0 Å². The molecule has 2 aliphatic heterocycles. The topological polar surface area (TPSA) is 15.6 Å². The molecule has 4 rings (SSSR count). The third kappa shape index (κ3) is 1.69. The number of benzene rings is 2. The molecule has 0 radical (unpaired) electrons. The molecule has 96 valence electrons. The third-order valence-electron chi connectivity index (χ3n) is 3.73. The summed E-state index contributed by atoms with van der Waals surface area (Å²) in [5, 5.41) is 2.32. The molecule has 0 spiro atoms. The summed E-state index contributed by atoms with van der Waals surface area (Å²) >= 11 is 0. The minimum atomic E-state index is 0.914. The van der Waals surface area contributed by atoms with Gasteiger partial charge in [-0.1, -0.05) is 42.5 Å². The van der Waals surface area contributed by atoms with Crippen LogP contribution < -0.4 is 15.5 Å². The summed E-state index contributed by atoms with van der Waals surface area (Å²) in [7, 11) is 0. The minimum absolute atomic E-state index is 0.914. The van der Waals surface area contributed by atoms with E-state index in [-0.39, 0.29) is 0 Å². The second-order valence-corrected chi connectivity index (χ2v) is 4.92. The average Bonchev–Trinajstić information content (AvgIpc) is 2.79. The number of rotatable bonds is 1. The molecule has 0 amide bonds. The summed E-state index contributed by atoms with van der Waals surface area (Å²) in [5.41, 5.74) is 3.68. The fraction of sp³-hybridized carbons (Fsp3) is 0.0556. The van der Waals surface area contributed by atoms with Crippen LogP contribution in [0.25, 0.3) is 12.2 Å². The van der Waals surface area contributed by atoms with Crippen molar-refractivity contribution in [3.8, 4) is 0 Å². The number of nitrogens with zero attached hydrogens (tertiary/aromatic N) is 2. The van der Waals surface area contributed by atoms with E-state index in [1.165, 1.54) is 22.2 Å². The van der Waals surface area contributed by atoms with Gasteiger partial charge in [-0.15, -0.1) is 0 Å². The van der Waals surface area contributed by atoms with Gasteiger partial charge in [-0.2, -0.15) is 0 Å². The van der Waals surface area contributed by atoms with E-state index >= 15 is 0 Å². The number of fused-ring (bicyclic) bond motifs is 3. The molecule has 0 bridgehead atoms. The van der Waals surface area contributed by atoms with Crippen LogP contribution in [0.4, 0.5) is 11.4 Å². The third-order valence-corrected chi connectivity index (χ3v) is 3.73. The molecule has 0 saturated heterocycles. The molecule has 0 atom stereocenters. The second kappa shape index (κ2) is 4.49. The molecule has 2 aromatic carbocycles. The van der Waals surface area contributed by atoms with Gasteiger partial charge in [0.1, 0.15) is 0 Å². The van der Waals surface area contributed by atoms with Gasteiger partial charge in [0.05, 0.1) is 11.0 Å². The lowest BCUT2D eigenvalue weighted by molar-refractivity contribution is 1.15. The van der Waals surface area contributed by atoms with Gasteiger partial charge in [0.25, 0.3) is 0 Å². The number of allylic oxidation sites excluding steroid dienone is 2. The van der Waals surface area contributed by atoms with Gasteiger partial charge in [0.15, 0.2) is 0 Å². The Hall–Kier alpha value is -2.61. The van der Waals surface area contributed by atoms with Gasteiger partial charge < -0.3 is 4.90 Å². The SMILES string of the molecule is C1=CN=c2ccc3c(c2C=C1)N(c1ccccc1)CC=3. The quantitative estimate of drug-likeness (QED) is 0.768. The Kier molecular flexibility index (Phi) is 2.52. The van der Waals surface area contributed by atoms with E-state index < -0.39 is 0 Å². The van der Waals surface area contributed by atoms with Crippen molar-refractivity contribution in [3.05, 3.63) is 77.0 Å². The highest BCUT2D eigenvalue weighted by atomic mass is 15.1. The van der Waals surface area contributed by atoms with Crippen molar-refractivity contribution >= 4 is 23.5 Å². The van der Waals surface area contributed by atoms with Gasteiger partial charge in [-0.25, -0.2) is 0 Å². The average molecular weight is 258 g/mol. The first-order valence-corrected chi connectivity index (χ1v) is 6.80. The van der Waals surface area contributed by atoms with Crippen molar-refractivity contribution in [2.45, 2.75) is 0 Å². The lowest BCUT2D eigenvalue weighted by Gasteiger charge is -2.21. The summed E-state index contributed by atoms with van der Waals surface area (Å²) in [4.78, 5) is 6.86. The molecule has 0 unspecified atom stereocenters. The summed E-state index contributed by atoms with van der Waals surface area (Å²) < 4.78 is 0. The van der Waals surface area contributed by atoms with E-state index in [4.69, 9.17) is 0 Å². The van der Waals surface area contributed by atoms with Gasteiger partial charge in [-0.3, -0.25) is 4.99 Å². The Balaban J connectivity index is 1.96. The van der Waals surface area contributed by atoms with Crippen LogP contribution in [0, 0.1) is 0 Å².